The van der Waals surface area contributed by atoms with Crippen molar-refractivity contribution in [2.75, 3.05) is 66.2 Å². The third-order valence-electron chi connectivity index (χ3n) is 4.55. The zero-order chi connectivity index (χ0) is 16.8. The van der Waals surface area contributed by atoms with E-state index in [0.717, 1.165) is 52.4 Å². The van der Waals surface area contributed by atoms with E-state index in [1.807, 2.05) is 0 Å². The number of urea groups is 2. The van der Waals surface area contributed by atoms with Gasteiger partial charge in [0.25, 0.3) is 0 Å². The highest BCUT2D eigenvalue weighted by atomic mass is 16.2. The Hall–Kier alpha value is -1.62. The number of amides is 4. The number of nitrogens with one attached hydrogen (secondary N) is 4. The molecule has 0 spiro atoms. The van der Waals surface area contributed by atoms with Crippen molar-refractivity contribution in [3.63, 3.8) is 0 Å². The van der Waals surface area contributed by atoms with E-state index in [4.69, 9.17) is 0 Å². The molecule has 0 aromatic rings. The summed E-state index contributed by atoms with van der Waals surface area (Å²) < 4.78 is 0. The second-order valence-electron chi connectivity index (χ2n) is 6.57. The normalized spacial score (nSPS) is 35.8. The quantitative estimate of drug-likeness (QED) is 0.422. The molecule has 3 aliphatic rings. The summed E-state index contributed by atoms with van der Waals surface area (Å²) >= 11 is 0. The highest BCUT2D eigenvalue weighted by Gasteiger charge is 2.21. The fourth-order valence-electron chi connectivity index (χ4n) is 3.26. The van der Waals surface area contributed by atoms with E-state index in [2.05, 4.69) is 40.9 Å². The van der Waals surface area contributed by atoms with E-state index in [1.165, 1.54) is 0 Å². The zero-order valence-corrected chi connectivity index (χ0v) is 14.1. The molecule has 0 aromatic carbocycles. The van der Waals surface area contributed by atoms with Gasteiger partial charge in [-0.05, 0) is 12.8 Å². The van der Waals surface area contributed by atoms with E-state index in [9.17, 15) is 9.59 Å². The average Bonchev–Trinajstić information content (AvgIpc) is 2.61. The van der Waals surface area contributed by atoms with Crippen LogP contribution in [-0.2, 0) is 0 Å². The second-order valence-corrected chi connectivity index (χ2v) is 6.57. The van der Waals surface area contributed by atoms with E-state index in [-0.39, 0.29) is 12.1 Å². The summed E-state index contributed by atoms with van der Waals surface area (Å²) in [6.45, 7) is 7.32. The Labute approximate surface area is 142 Å². The molecule has 0 aliphatic carbocycles. The summed E-state index contributed by atoms with van der Waals surface area (Å²) in [5.74, 6) is 0. The summed E-state index contributed by atoms with van der Waals surface area (Å²) in [6, 6.07) is -0.273. The molecule has 4 bridgehead atoms. The monoisotopic (exact) mass is 340 g/mol. The number of hydrogen-bond donors (Lipinski definition) is 4. The molecule has 0 aromatic heterocycles. The summed E-state index contributed by atoms with van der Waals surface area (Å²) in [4.78, 5) is 32.6. The van der Waals surface area contributed by atoms with Crippen LogP contribution in [0.5, 0.6) is 0 Å². The molecule has 3 heterocycles. The highest BCUT2D eigenvalue weighted by molar-refractivity contribution is 5.74. The van der Waals surface area contributed by atoms with Gasteiger partial charge in [0.15, 0.2) is 0 Å². The Kier molecular flexibility index (Phi) is 6.07. The minimum Gasteiger partial charge on any atom is -0.325 e. The van der Waals surface area contributed by atoms with E-state index < -0.39 is 0 Å². The molecule has 4 amide bonds. The highest BCUT2D eigenvalue weighted by Crippen LogP contribution is 2.05. The minimum absolute atomic E-state index is 0.136. The van der Waals surface area contributed by atoms with Gasteiger partial charge in [-0.1, -0.05) is 0 Å². The fraction of sp³-hybridized carbons (Fsp3) is 0.857. The first-order chi connectivity index (χ1) is 11.7. The molecule has 24 heavy (non-hydrogen) atoms. The van der Waals surface area contributed by atoms with Crippen molar-refractivity contribution in [2.24, 2.45) is 0 Å². The third kappa shape index (κ3) is 5.20. The molecule has 10 heteroatoms. The Morgan fingerprint density at radius 1 is 0.542 bits per heavy atom. The van der Waals surface area contributed by atoms with Gasteiger partial charge in [-0.2, -0.15) is 0 Å². The Morgan fingerprint density at radius 3 is 1.12 bits per heavy atom. The van der Waals surface area contributed by atoms with Crippen LogP contribution in [-0.4, -0.2) is 97.9 Å². The van der Waals surface area contributed by atoms with Gasteiger partial charge < -0.3 is 21.3 Å². The maximum absolute atomic E-state index is 12.0. The van der Waals surface area contributed by atoms with Crippen LogP contribution in [0.15, 0.2) is 0 Å². The van der Waals surface area contributed by atoms with Gasteiger partial charge in [-0.3, -0.25) is 19.6 Å². The van der Waals surface area contributed by atoms with Crippen molar-refractivity contribution < 1.29 is 9.59 Å². The lowest BCUT2D eigenvalue weighted by molar-refractivity contribution is 0.0672. The average molecular weight is 340 g/mol. The Bertz CT molecular complexity index is 376. The molecule has 136 valence electrons. The first kappa shape index (κ1) is 17.2. The molecule has 3 rings (SSSR count). The lowest BCUT2D eigenvalue weighted by Gasteiger charge is -2.37. The SMILES string of the molecule is O=C1NCN2CCCN(CNC(=O)NCN3CCCN(CN1)C3)C2. The molecule has 3 saturated heterocycles. The standard InChI is InChI=1S/C14H28N8O2/c23-13-15-7-19-3-1-4-20(11-19)8-16-14(24)18-10-22-6-2-5-21(12-22)9-17-13/h1-12H2,(H2,15,17,23)(H2,16,18,24). The largest absolute Gasteiger partial charge is 0.325 e. The van der Waals surface area contributed by atoms with E-state index >= 15 is 0 Å². The predicted molar refractivity (Wildman–Crippen MR) is 88.6 cm³/mol. The van der Waals surface area contributed by atoms with Crippen LogP contribution in [0.1, 0.15) is 12.8 Å². The van der Waals surface area contributed by atoms with Gasteiger partial charge in [-0.15, -0.1) is 0 Å². The smallest absolute Gasteiger partial charge is 0.316 e. The van der Waals surface area contributed by atoms with Gasteiger partial charge in [-0.25, -0.2) is 9.59 Å². The molecule has 10 nitrogen and oxygen atoms in total. The van der Waals surface area contributed by atoms with E-state index in [0.29, 0.717) is 26.7 Å². The molecular formula is C14H28N8O2. The maximum atomic E-state index is 12.0. The van der Waals surface area contributed by atoms with Gasteiger partial charge >= 0.3 is 12.1 Å². The summed E-state index contributed by atoms with van der Waals surface area (Å²) in [7, 11) is 0. The summed E-state index contributed by atoms with van der Waals surface area (Å²) in [6.07, 6.45) is 2.04. The van der Waals surface area contributed by atoms with Crippen molar-refractivity contribution in [2.45, 2.75) is 12.8 Å². The number of carbonyl (C=O) groups excluding carboxylic acids is 2. The molecule has 3 aliphatic heterocycles. The number of nitrogens with zero attached hydrogens (tertiary/aromatic N) is 4. The Balaban J connectivity index is 1.57. The lowest BCUT2D eigenvalue weighted by Crippen LogP contribution is -2.57. The van der Waals surface area contributed by atoms with Crippen molar-refractivity contribution in [1.29, 1.82) is 0 Å². The number of fused-ring (bicyclic) bond motifs is 4. The van der Waals surface area contributed by atoms with Crippen LogP contribution in [0.25, 0.3) is 0 Å². The molecule has 3 fully saturated rings. The molecular weight excluding hydrogens is 312 g/mol. The van der Waals surface area contributed by atoms with Gasteiger partial charge in [0.1, 0.15) is 0 Å². The first-order valence-electron chi connectivity index (χ1n) is 8.62. The minimum atomic E-state index is -0.136. The second kappa shape index (κ2) is 8.47. The maximum Gasteiger partial charge on any atom is 0.316 e. The number of rotatable bonds is 0. The van der Waals surface area contributed by atoms with Crippen LogP contribution >= 0.6 is 0 Å². The van der Waals surface area contributed by atoms with Crippen LogP contribution in [0.4, 0.5) is 9.59 Å². The molecule has 4 atom stereocenters. The zero-order valence-electron chi connectivity index (χ0n) is 14.1. The van der Waals surface area contributed by atoms with Crippen LogP contribution < -0.4 is 21.3 Å². The van der Waals surface area contributed by atoms with Crippen molar-refractivity contribution >= 4 is 12.1 Å². The van der Waals surface area contributed by atoms with Crippen LogP contribution in [0.2, 0.25) is 0 Å². The fourth-order valence-corrected chi connectivity index (χ4v) is 3.26. The lowest BCUT2D eigenvalue weighted by atomic mass is 10.3. The van der Waals surface area contributed by atoms with Crippen molar-refractivity contribution in [3.05, 3.63) is 0 Å². The van der Waals surface area contributed by atoms with E-state index in [1.54, 1.807) is 0 Å². The third-order valence-corrected chi connectivity index (χ3v) is 4.55. The molecule has 0 saturated carbocycles. The van der Waals surface area contributed by atoms with Crippen LogP contribution in [0, 0.1) is 0 Å². The van der Waals surface area contributed by atoms with Crippen molar-refractivity contribution in [3.8, 4) is 0 Å². The number of hydrogen-bond acceptors (Lipinski definition) is 6. The number of carbonyl (C=O) groups is 2. The van der Waals surface area contributed by atoms with Crippen LogP contribution in [0.3, 0.4) is 0 Å². The first-order valence-corrected chi connectivity index (χ1v) is 8.62. The van der Waals surface area contributed by atoms with Gasteiger partial charge in [0, 0.05) is 26.2 Å². The Morgan fingerprint density at radius 2 is 0.833 bits per heavy atom. The topological polar surface area (TPSA) is 95.2 Å². The molecule has 4 N–H and O–H groups in total. The molecule has 0 radical (unpaired) electrons. The predicted octanol–water partition coefficient (Wildman–Crippen LogP) is -1.64. The molecule has 4 unspecified atom stereocenters. The van der Waals surface area contributed by atoms with Gasteiger partial charge in [0.05, 0.1) is 40.0 Å². The summed E-state index contributed by atoms with van der Waals surface area (Å²) in [5, 5.41) is 11.6. The van der Waals surface area contributed by atoms with Gasteiger partial charge in [0.2, 0.25) is 0 Å². The van der Waals surface area contributed by atoms with Crippen molar-refractivity contribution in [1.82, 2.24) is 40.9 Å². The summed E-state index contributed by atoms with van der Waals surface area (Å²) in [5.41, 5.74) is 0.